The van der Waals surface area contributed by atoms with Crippen LogP contribution < -0.4 is 0 Å². The van der Waals surface area contributed by atoms with Crippen molar-refractivity contribution in [3.63, 3.8) is 0 Å². The van der Waals surface area contributed by atoms with Crippen molar-refractivity contribution in [3.8, 4) is 0 Å². The van der Waals surface area contributed by atoms with Gasteiger partial charge in [-0.3, -0.25) is 0 Å². The molecule has 3 heteroatoms. The fourth-order valence-corrected chi connectivity index (χ4v) is 3.11. The molecule has 0 saturated heterocycles. The third-order valence-electron chi connectivity index (χ3n) is 3.03. The standard InChI is InChI=1S/C12H16N2S/c1-8-9(2)12(15-10(8)3)11-5-6-13-7-14(11)4/h5-7,11H,1-4H3. The minimum absolute atomic E-state index is 0.361. The van der Waals surface area contributed by atoms with Crippen LogP contribution in [0.3, 0.4) is 0 Å². The van der Waals surface area contributed by atoms with E-state index in [-0.39, 0.29) is 0 Å². The summed E-state index contributed by atoms with van der Waals surface area (Å²) in [6, 6.07) is 0.361. The van der Waals surface area contributed by atoms with Crippen LogP contribution in [0.5, 0.6) is 0 Å². The highest BCUT2D eigenvalue weighted by Gasteiger charge is 2.20. The molecule has 2 heterocycles. The van der Waals surface area contributed by atoms with Gasteiger partial charge >= 0.3 is 0 Å². The zero-order valence-corrected chi connectivity index (χ0v) is 10.4. The summed E-state index contributed by atoms with van der Waals surface area (Å²) < 4.78 is 0. The van der Waals surface area contributed by atoms with Crippen molar-refractivity contribution in [2.75, 3.05) is 7.05 Å². The first-order valence-electron chi connectivity index (χ1n) is 5.09. The Kier molecular flexibility index (Phi) is 2.65. The summed E-state index contributed by atoms with van der Waals surface area (Å²) >= 11 is 1.90. The van der Waals surface area contributed by atoms with Crippen molar-refractivity contribution in [2.45, 2.75) is 26.8 Å². The van der Waals surface area contributed by atoms with E-state index < -0.39 is 0 Å². The molecule has 2 rings (SSSR count). The van der Waals surface area contributed by atoms with Crippen LogP contribution in [-0.2, 0) is 0 Å². The number of rotatable bonds is 1. The SMILES string of the molecule is Cc1sc(C2C=CN=CN2C)c(C)c1C. The average Bonchev–Trinajstić information content (AvgIpc) is 2.47. The van der Waals surface area contributed by atoms with Gasteiger partial charge in [0.2, 0.25) is 0 Å². The van der Waals surface area contributed by atoms with Gasteiger partial charge in [-0.25, -0.2) is 4.99 Å². The van der Waals surface area contributed by atoms with E-state index in [2.05, 4.69) is 43.8 Å². The number of hydrogen-bond acceptors (Lipinski definition) is 3. The molecule has 1 atom stereocenters. The Morgan fingerprint density at radius 3 is 2.53 bits per heavy atom. The Morgan fingerprint density at radius 2 is 2.00 bits per heavy atom. The van der Waals surface area contributed by atoms with Gasteiger partial charge in [0.1, 0.15) is 0 Å². The van der Waals surface area contributed by atoms with E-state index in [4.69, 9.17) is 0 Å². The Labute approximate surface area is 95.0 Å². The predicted octanol–water partition coefficient (Wildman–Crippen LogP) is 3.20. The maximum absolute atomic E-state index is 4.12. The number of hydrogen-bond donors (Lipinski definition) is 0. The molecule has 1 aliphatic heterocycles. The number of nitrogens with zero attached hydrogens (tertiary/aromatic N) is 2. The van der Waals surface area contributed by atoms with Crippen LogP contribution in [0, 0.1) is 20.8 Å². The number of aryl methyl sites for hydroxylation is 1. The Balaban J connectivity index is 2.41. The highest BCUT2D eigenvalue weighted by Crippen LogP contribution is 2.35. The van der Waals surface area contributed by atoms with Gasteiger partial charge in [-0.2, -0.15) is 0 Å². The molecule has 1 aromatic rings. The van der Waals surface area contributed by atoms with Crippen LogP contribution >= 0.6 is 11.3 Å². The lowest BCUT2D eigenvalue weighted by Crippen LogP contribution is -2.23. The first-order valence-corrected chi connectivity index (χ1v) is 5.91. The fraction of sp³-hybridized carbons (Fsp3) is 0.417. The lowest BCUT2D eigenvalue weighted by atomic mass is 10.1. The van der Waals surface area contributed by atoms with Gasteiger partial charge in [0, 0.05) is 23.0 Å². The topological polar surface area (TPSA) is 15.6 Å². The van der Waals surface area contributed by atoms with Crippen LogP contribution in [0.4, 0.5) is 0 Å². The molecule has 0 N–H and O–H groups in total. The van der Waals surface area contributed by atoms with Crippen molar-refractivity contribution in [1.82, 2.24) is 4.90 Å². The molecule has 15 heavy (non-hydrogen) atoms. The third kappa shape index (κ3) is 1.72. The van der Waals surface area contributed by atoms with Gasteiger partial charge in [0.05, 0.1) is 12.4 Å². The summed E-state index contributed by atoms with van der Waals surface area (Å²) in [4.78, 5) is 9.13. The zero-order valence-electron chi connectivity index (χ0n) is 9.61. The van der Waals surface area contributed by atoms with Gasteiger partial charge in [0.25, 0.3) is 0 Å². The normalized spacial score (nSPS) is 20.0. The Hall–Kier alpha value is -1.09. The Morgan fingerprint density at radius 1 is 1.27 bits per heavy atom. The molecule has 1 aromatic heterocycles. The van der Waals surface area contributed by atoms with E-state index in [0.717, 1.165) is 0 Å². The number of aliphatic imine (C=N–C) groups is 1. The van der Waals surface area contributed by atoms with Crippen molar-refractivity contribution in [3.05, 3.63) is 33.2 Å². The largest absolute Gasteiger partial charge is 0.354 e. The highest BCUT2D eigenvalue weighted by atomic mass is 32.1. The van der Waals surface area contributed by atoms with Crippen LogP contribution in [0.1, 0.15) is 26.9 Å². The molecule has 2 nitrogen and oxygen atoms in total. The third-order valence-corrected chi connectivity index (χ3v) is 4.41. The second kappa shape index (κ2) is 3.81. The molecule has 0 radical (unpaired) electrons. The van der Waals surface area contributed by atoms with Crippen molar-refractivity contribution >= 4 is 17.7 Å². The second-order valence-corrected chi connectivity index (χ2v) is 5.25. The van der Waals surface area contributed by atoms with Crippen LogP contribution in [0.25, 0.3) is 0 Å². The molecule has 1 aliphatic rings. The van der Waals surface area contributed by atoms with Crippen LogP contribution in [-0.4, -0.2) is 18.3 Å². The molecule has 0 aliphatic carbocycles. The maximum Gasteiger partial charge on any atom is 0.0910 e. The first kappa shape index (κ1) is 10.4. The lowest BCUT2D eigenvalue weighted by Gasteiger charge is -2.25. The van der Waals surface area contributed by atoms with Crippen molar-refractivity contribution in [2.24, 2.45) is 4.99 Å². The van der Waals surface area contributed by atoms with Crippen LogP contribution in [0.2, 0.25) is 0 Å². The van der Waals surface area contributed by atoms with Crippen LogP contribution in [0.15, 0.2) is 17.3 Å². The summed E-state index contributed by atoms with van der Waals surface area (Å²) in [5, 5.41) is 0. The summed E-state index contributed by atoms with van der Waals surface area (Å²) in [6.45, 7) is 6.60. The average molecular weight is 220 g/mol. The lowest BCUT2D eigenvalue weighted by molar-refractivity contribution is 0.450. The molecule has 0 fully saturated rings. The molecule has 0 aromatic carbocycles. The number of thiophene rings is 1. The molecular weight excluding hydrogens is 204 g/mol. The summed E-state index contributed by atoms with van der Waals surface area (Å²) in [7, 11) is 2.07. The molecule has 80 valence electrons. The smallest absolute Gasteiger partial charge is 0.0910 e. The van der Waals surface area contributed by atoms with E-state index in [9.17, 15) is 0 Å². The second-order valence-electron chi connectivity index (χ2n) is 3.99. The quantitative estimate of drug-likeness (QED) is 0.709. The van der Waals surface area contributed by atoms with Gasteiger partial charge < -0.3 is 4.90 Å². The summed E-state index contributed by atoms with van der Waals surface area (Å²) in [5.74, 6) is 0. The van der Waals surface area contributed by atoms with E-state index >= 15 is 0 Å². The minimum Gasteiger partial charge on any atom is -0.354 e. The van der Waals surface area contributed by atoms with Gasteiger partial charge in [-0.05, 0) is 38.0 Å². The molecule has 0 saturated carbocycles. The van der Waals surface area contributed by atoms with Gasteiger partial charge in [-0.1, -0.05) is 0 Å². The van der Waals surface area contributed by atoms with Crippen molar-refractivity contribution in [1.29, 1.82) is 0 Å². The minimum atomic E-state index is 0.361. The number of likely N-dealkylation sites (N-methyl/N-ethyl adjacent to an activating group) is 1. The first-order chi connectivity index (χ1) is 7.11. The molecule has 0 bridgehead atoms. The Bertz CT molecular complexity index is 429. The fourth-order valence-electron chi connectivity index (χ4n) is 1.80. The highest BCUT2D eigenvalue weighted by molar-refractivity contribution is 7.12. The summed E-state index contributed by atoms with van der Waals surface area (Å²) in [5.41, 5.74) is 2.86. The molecule has 0 spiro atoms. The predicted molar refractivity (Wildman–Crippen MR) is 66.7 cm³/mol. The van der Waals surface area contributed by atoms with E-state index in [1.54, 1.807) is 0 Å². The zero-order chi connectivity index (χ0) is 11.0. The van der Waals surface area contributed by atoms with Gasteiger partial charge in [0.15, 0.2) is 0 Å². The van der Waals surface area contributed by atoms with Crippen molar-refractivity contribution < 1.29 is 0 Å². The van der Waals surface area contributed by atoms with E-state index in [1.807, 2.05) is 23.9 Å². The van der Waals surface area contributed by atoms with E-state index in [1.165, 1.54) is 20.9 Å². The summed E-state index contributed by atoms with van der Waals surface area (Å²) in [6.07, 6.45) is 5.92. The monoisotopic (exact) mass is 220 g/mol. The molecule has 0 amide bonds. The van der Waals surface area contributed by atoms with Gasteiger partial charge in [-0.15, -0.1) is 11.3 Å². The maximum atomic E-state index is 4.12. The molecule has 1 unspecified atom stereocenters. The van der Waals surface area contributed by atoms with E-state index in [0.29, 0.717) is 6.04 Å². The molecular formula is C12H16N2S.